The highest BCUT2D eigenvalue weighted by Gasteiger charge is 2.59. The maximum Gasteiger partial charge on any atom is 0.302 e. The van der Waals surface area contributed by atoms with Crippen LogP contribution in [0, 0.1) is 34.5 Å². The number of hydrogen-bond acceptors (Lipinski definition) is 6. The molecule has 3 saturated carbocycles. The predicted molar refractivity (Wildman–Crippen MR) is 189 cm³/mol. The number of rotatable bonds is 10. The van der Waals surface area contributed by atoms with Crippen LogP contribution in [0.15, 0.2) is 72.8 Å². The number of carbonyl (C=O) groups is 2. The molecule has 6 nitrogen and oxygen atoms in total. The fraction of sp³-hybridized carbons (Fsp3) is 0.600. The lowest BCUT2D eigenvalue weighted by atomic mass is 9.48. The third-order valence-electron chi connectivity index (χ3n) is 13.1. The van der Waals surface area contributed by atoms with Crippen molar-refractivity contribution in [2.24, 2.45) is 34.5 Å². The molecule has 0 bridgehead atoms. The highest BCUT2D eigenvalue weighted by atomic mass is 28.4. The summed E-state index contributed by atoms with van der Waals surface area (Å²) in [5, 5.41) is 12.8. The van der Waals surface area contributed by atoms with Crippen molar-refractivity contribution in [1.82, 2.24) is 0 Å². The number of aliphatic hydroxyl groups is 1. The fourth-order valence-electron chi connectivity index (χ4n) is 10.1. The molecule has 2 aromatic rings. The first-order chi connectivity index (χ1) is 22.1. The number of benzene rings is 2. The molecule has 0 amide bonds. The fourth-order valence-corrected chi connectivity index (χ4v) is 13.9. The molecule has 2 aromatic carbocycles. The molecule has 0 spiro atoms. The normalized spacial score (nSPS) is 32.8. The van der Waals surface area contributed by atoms with Crippen LogP contribution < -0.4 is 10.4 Å². The minimum Gasteiger partial charge on any atom is -0.466 e. The Kier molecular flexibility index (Phi) is 10.3. The summed E-state index contributed by atoms with van der Waals surface area (Å²) in [5.41, 5.74) is 0.669. The summed E-state index contributed by atoms with van der Waals surface area (Å²) < 4.78 is 11.4. The maximum absolute atomic E-state index is 13.0. The molecule has 0 heterocycles. The second kappa shape index (κ2) is 13.6. The first-order valence-electron chi connectivity index (χ1n) is 17.6. The minimum atomic E-state index is -3.21. The van der Waals surface area contributed by atoms with Gasteiger partial charge >= 0.3 is 11.9 Å². The third-order valence-corrected chi connectivity index (χ3v) is 17.6. The van der Waals surface area contributed by atoms with Gasteiger partial charge in [-0.15, -0.1) is 0 Å². The van der Waals surface area contributed by atoms with E-state index in [9.17, 15) is 19.5 Å². The first-order valence-corrected chi connectivity index (χ1v) is 19.6. The number of esters is 2. The lowest BCUT2D eigenvalue weighted by Crippen LogP contribution is -2.65. The molecule has 3 fully saturated rings. The molecule has 0 aliphatic heterocycles. The maximum atomic E-state index is 13.0. The molecule has 256 valence electrons. The van der Waals surface area contributed by atoms with Crippen LogP contribution in [-0.2, 0) is 19.1 Å². The molecule has 5 rings (SSSR count). The smallest absolute Gasteiger partial charge is 0.302 e. The SMILES string of the molecule is C=C1[C@@H](O)C[C@H]2[C@H](CCC(C)(C)[Si](O)(c3ccccc3)c3ccccc3)[C@@H]([C@@]3(C)CC[C@H](OC(C)=O)C[C@@H]3COC(C)=O)CC[C@]12C. The van der Waals surface area contributed by atoms with Gasteiger partial charge in [0, 0.05) is 19.8 Å². The molecular formula is C40H56O6Si. The van der Waals surface area contributed by atoms with Gasteiger partial charge < -0.3 is 19.4 Å². The van der Waals surface area contributed by atoms with E-state index >= 15 is 0 Å². The van der Waals surface area contributed by atoms with E-state index in [-0.39, 0.29) is 46.6 Å². The number of hydrogen-bond donors (Lipinski definition) is 2. The second-order valence-corrected chi connectivity index (χ2v) is 19.9. The molecule has 47 heavy (non-hydrogen) atoms. The van der Waals surface area contributed by atoms with Gasteiger partial charge in [0.05, 0.1) is 12.7 Å². The summed E-state index contributed by atoms with van der Waals surface area (Å²) in [6.45, 7) is 16.8. The Labute approximate surface area is 283 Å². The van der Waals surface area contributed by atoms with E-state index in [1.807, 2.05) is 36.4 Å². The number of fused-ring (bicyclic) bond motifs is 1. The number of ether oxygens (including phenoxy) is 2. The summed E-state index contributed by atoms with van der Waals surface area (Å²) in [5.74, 6) is 0.338. The zero-order chi connectivity index (χ0) is 34.2. The Morgan fingerprint density at radius 1 is 0.915 bits per heavy atom. The Hall–Kier alpha value is -2.74. The Bertz CT molecular complexity index is 1390. The van der Waals surface area contributed by atoms with Gasteiger partial charge in [-0.1, -0.05) is 94.9 Å². The monoisotopic (exact) mass is 660 g/mol. The third kappa shape index (κ3) is 6.65. The van der Waals surface area contributed by atoms with Crippen LogP contribution in [0.4, 0.5) is 0 Å². The Morgan fingerprint density at radius 3 is 2.06 bits per heavy atom. The van der Waals surface area contributed by atoms with Gasteiger partial charge in [0.2, 0.25) is 0 Å². The second-order valence-electron chi connectivity index (χ2n) is 16.0. The van der Waals surface area contributed by atoms with Crippen LogP contribution in [0.3, 0.4) is 0 Å². The van der Waals surface area contributed by atoms with E-state index in [1.54, 1.807) is 0 Å². The molecule has 7 heteroatoms. The average Bonchev–Trinajstić information content (AvgIpc) is 3.27. The summed E-state index contributed by atoms with van der Waals surface area (Å²) in [4.78, 5) is 36.9. The summed E-state index contributed by atoms with van der Waals surface area (Å²) in [6.07, 6.45) is 6.05. The van der Waals surface area contributed by atoms with Gasteiger partial charge in [-0.3, -0.25) is 9.59 Å². The van der Waals surface area contributed by atoms with E-state index in [4.69, 9.17) is 9.47 Å². The topological polar surface area (TPSA) is 93.1 Å². The first kappa shape index (κ1) is 35.6. The van der Waals surface area contributed by atoms with E-state index in [2.05, 4.69) is 58.5 Å². The summed E-state index contributed by atoms with van der Waals surface area (Å²) >= 11 is 0. The average molecular weight is 661 g/mol. The molecule has 3 aliphatic rings. The highest BCUT2D eigenvalue weighted by Crippen LogP contribution is 2.65. The van der Waals surface area contributed by atoms with Gasteiger partial charge in [-0.05, 0) is 101 Å². The quantitative estimate of drug-likeness (QED) is 0.170. The lowest BCUT2D eigenvalue weighted by Gasteiger charge is -2.57. The van der Waals surface area contributed by atoms with Crippen LogP contribution in [-0.4, -0.2) is 49.0 Å². The van der Waals surface area contributed by atoms with Crippen molar-refractivity contribution in [3.05, 3.63) is 72.8 Å². The van der Waals surface area contributed by atoms with Crippen LogP contribution in [0.25, 0.3) is 0 Å². The van der Waals surface area contributed by atoms with Gasteiger partial charge in [0.1, 0.15) is 6.10 Å². The van der Waals surface area contributed by atoms with Gasteiger partial charge in [0.25, 0.3) is 8.32 Å². The van der Waals surface area contributed by atoms with Crippen molar-refractivity contribution in [2.45, 2.75) is 110 Å². The van der Waals surface area contributed by atoms with Crippen molar-refractivity contribution in [3.8, 4) is 0 Å². The molecule has 8 atom stereocenters. The number of aliphatic hydroxyl groups excluding tert-OH is 1. The van der Waals surface area contributed by atoms with Crippen LogP contribution in [0.2, 0.25) is 5.04 Å². The van der Waals surface area contributed by atoms with Crippen molar-refractivity contribution in [1.29, 1.82) is 0 Å². The summed E-state index contributed by atoms with van der Waals surface area (Å²) in [6, 6.07) is 20.4. The van der Waals surface area contributed by atoms with E-state index in [0.29, 0.717) is 25.4 Å². The van der Waals surface area contributed by atoms with Crippen LogP contribution in [0.5, 0.6) is 0 Å². The predicted octanol–water partition coefficient (Wildman–Crippen LogP) is 6.57. The largest absolute Gasteiger partial charge is 0.466 e. The van der Waals surface area contributed by atoms with Crippen LogP contribution >= 0.6 is 0 Å². The lowest BCUT2D eigenvalue weighted by molar-refractivity contribution is -0.161. The Balaban J connectivity index is 1.52. The molecular weight excluding hydrogens is 605 g/mol. The summed E-state index contributed by atoms with van der Waals surface area (Å²) in [7, 11) is -3.21. The van der Waals surface area contributed by atoms with Crippen molar-refractivity contribution < 1.29 is 29.0 Å². The van der Waals surface area contributed by atoms with E-state index < -0.39 is 19.5 Å². The van der Waals surface area contributed by atoms with Crippen LogP contribution in [0.1, 0.15) is 92.9 Å². The standard InChI is InChI=1S/C40H56O6Si/c1-27-37(43)25-36-34(19-21-38(4,5)47(44,32-14-10-8-11-15-32)33-16-12-9-13-17-33)35(20-23-39(27,36)6)40(7)22-18-31(46-29(3)42)24-30(40)26-45-28(2)41/h8-17,30-31,34-37,43-44H,1,18-26H2,2-7H3/t30-,31+,34-,35+,36+,37+,39-,40+/m1/s1. The van der Waals surface area contributed by atoms with Crippen molar-refractivity contribution in [2.75, 3.05) is 6.61 Å². The molecule has 2 N–H and O–H groups in total. The molecule has 0 unspecified atom stereocenters. The van der Waals surface area contributed by atoms with Crippen molar-refractivity contribution >= 4 is 30.6 Å². The van der Waals surface area contributed by atoms with Crippen molar-refractivity contribution in [3.63, 3.8) is 0 Å². The van der Waals surface area contributed by atoms with E-state index in [0.717, 1.165) is 54.5 Å². The van der Waals surface area contributed by atoms with Gasteiger partial charge in [-0.2, -0.15) is 0 Å². The molecule has 0 saturated heterocycles. The van der Waals surface area contributed by atoms with Gasteiger partial charge in [0.15, 0.2) is 0 Å². The molecule has 3 aliphatic carbocycles. The number of carbonyl (C=O) groups excluding carboxylic acids is 2. The van der Waals surface area contributed by atoms with Gasteiger partial charge in [-0.25, -0.2) is 0 Å². The Morgan fingerprint density at radius 2 is 1.51 bits per heavy atom. The minimum absolute atomic E-state index is 0.0452. The zero-order valence-corrected chi connectivity index (χ0v) is 30.3. The molecule has 0 aromatic heterocycles. The highest BCUT2D eigenvalue weighted by molar-refractivity contribution is 6.98. The van der Waals surface area contributed by atoms with E-state index in [1.165, 1.54) is 13.8 Å². The molecule has 0 radical (unpaired) electrons. The zero-order valence-electron chi connectivity index (χ0n) is 29.3.